The summed E-state index contributed by atoms with van der Waals surface area (Å²) < 4.78 is 18.4. The van der Waals surface area contributed by atoms with E-state index in [1.54, 1.807) is 0 Å². The summed E-state index contributed by atoms with van der Waals surface area (Å²) in [6, 6.07) is 11.6. The van der Waals surface area contributed by atoms with Crippen LogP contribution in [0.4, 0.5) is 4.39 Å². The van der Waals surface area contributed by atoms with Crippen molar-refractivity contribution in [1.29, 1.82) is 0 Å². The van der Waals surface area contributed by atoms with Crippen LogP contribution in [0.2, 0.25) is 5.02 Å². The van der Waals surface area contributed by atoms with Crippen LogP contribution in [0.1, 0.15) is 11.1 Å². The summed E-state index contributed by atoms with van der Waals surface area (Å²) in [5.74, 6) is 0.0592. The number of aliphatic hydroxyl groups is 1. The van der Waals surface area contributed by atoms with Crippen molar-refractivity contribution in [1.82, 2.24) is 0 Å². The van der Waals surface area contributed by atoms with Crippen molar-refractivity contribution in [3.8, 4) is 5.75 Å². The summed E-state index contributed by atoms with van der Waals surface area (Å²) in [4.78, 5) is 0. The third-order valence-electron chi connectivity index (χ3n) is 2.50. The smallest absolute Gasteiger partial charge is 0.142 e. The van der Waals surface area contributed by atoms with E-state index in [-0.39, 0.29) is 11.6 Å². The Hall–Kier alpha value is -1.58. The van der Waals surface area contributed by atoms with Crippen LogP contribution in [0.5, 0.6) is 5.75 Å². The molecular weight excluding hydrogens is 255 g/mol. The first-order chi connectivity index (χ1) is 8.69. The molecule has 2 aromatic carbocycles. The van der Waals surface area contributed by atoms with E-state index in [0.29, 0.717) is 12.4 Å². The lowest BCUT2D eigenvalue weighted by Gasteiger charge is -2.07. The first kappa shape index (κ1) is 12.9. The number of hydrogen-bond acceptors (Lipinski definition) is 2. The molecule has 0 aliphatic carbocycles. The van der Waals surface area contributed by atoms with Crippen molar-refractivity contribution in [2.45, 2.75) is 13.2 Å². The average Bonchev–Trinajstić information content (AvgIpc) is 2.41. The minimum atomic E-state index is -0.462. The average molecular weight is 267 g/mol. The largest absolute Gasteiger partial charge is 0.489 e. The molecular formula is C14H12ClFO2. The first-order valence-corrected chi connectivity index (χ1v) is 5.83. The summed E-state index contributed by atoms with van der Waals surface area (Å²) in [6.07, 6.45) is 0. The molecule has 0 aliphatic rings. The van der Waals surface area contributed by atoms with Crippen LogP contribution in [0.3, 0.4) is 0 Å². The third-order valence-corrected chi connectivity index (χ3v) is 2.79. The van der Waals surface area contributed by atoms with Gasteiger partial charge in [0, 0.05) is 6.07 Å². The van der Waals surface area contributed by atoms with Gasteiger partial charge in [-0.05, 0) is 23.3 Å². The highest BCUT2D eigenvalue weighted by Gasteiger charge is 2.02. The fraction of sp³-hybridized carbons (Fsp3) is 0.143. The molecule has 0 bridgehead atoms. The number of rotatable bonds is 4. The van der Waals surface area contributed by atoms with Crippen LogP contribution in [0.15, 0.2) is 42.5 Å². The Balaban J connectivity index is 1.99. The zero-order chi connectivity index (χ0) is 13.0. The summed E-state index contributed by atoms with van der Waals surface area (Å²) >= 11 is 5.65. The normalized spacial score (nSPS) is 10.4. The predicted octanol–water partition coefficient (Wildman–Crippen LogP) is 3.55. The Morgan fingerprint density at radius 3 is 2.33 bits per heavy atom. The molecule has 0 heterocycles. The Morgan fingerprint density at radius 1 is 1.06 bits per heavy atom. The van der Waals surface area contributed by atoms with Crippen LogP contribution >= 0.6 is 11.6 Å². The number of halogens is 2. The molecule has 1 N–H and O–H groups in total. The molecule has 2 nitrogen and oxygen atoms in total. The van der Waals surface area contributed by atoms with Crippen LogP contribution in [0.25, 0.3) is 0 Å². The quantitative estimate of drug-likeness (QED) is 0.917. The van der Waals surface area contributed by atoms with Crippen molar-refractivity contribution in [2.24, 2.45) is 0 Å². The first-order valence-electron chi connectivity index (χ1n) is 5.45. The van der Waals surface area contributed by atoms with E-state index < -0.39 is 5.82 Å². The fourth-order valence-electron chi connectivity index (χ4n) is 1.47. The summed E-state index contributed by atoms with van der Waals surface area (Å²) in [5.41, 5.74) is 1.82. The second-order valence-electron chi connectivity index (χ2n) is 3.84. The molecule has 0 spiro atoms. The molecule has 0 aromatic heterocycles. The van der Waals surface area contributed by atoms with Gasteiger partial charge in [-0.25, -0.2) is 4.39 Å². The lowest BCUT2D eigenvalue weighted by atomic mass is 10.1. The third kappa shape index (κ3) is 3.22. The van der Waals surface area contributed by atoms with Crippen LogP contribution < -0.4 is 4.74 Å². The Kier molecular flexibility index (Phi) is 4.18. The van der Waals surface area contributed by atoms with Crippen LogP contribution in [-0.2, 0) is 13.2 Å². The summed E-state index contributed by atoms with van der Waals surface area (Å²) in [7, 11) is 0. The molecule has 0 saturated heterocycles. The second-order valence-corrected chi connectivity index (χ2v) is 4.25. The van der Waals surface area contributed by atoms with E-state index in [0.717, 1.165) is 11.1 Å². The van der Waals surface area contributed by atoms with Gasteiger partial charge in [-0.2, -0.15) is 0 Å². The molecule has 18 heavy (non-hydrogen) atoms. The van der Waals surface area contributed by atoms with Gasteiger partial charge in [0.05, 0.1) is 11.6 Å². The van der Waals surface area contributed by atoms with Crippen LogP contribution in [-0.4, -0.2) is 5.11 Å². The van der Waals surface area contributed by atoms with Gasteiger partial charge in [0.25, 0.3) is 0 Å². The molecule has 4 heteroatoms. The highest BCUT2D eigenvalue weighted by molar-refractivity contribution is 6.30. The summed E-state index contributed by atoms with van der Waals surface area (Å²) in [6.45, 7) is 0.391. The number of aliphatic hydroxyl groups excluding tert-OH is 1. The van der Waals surface area contributed by atoms with E-state index in [1.807, 2.05) is 24.3 Å². The maximum atomic E-state index is 12.9. The molecule has 0 radical (unpaired) electrons. The monoisotopic (exact) mass is 266 g/mol. The Bertz CT molecular complexity index is 526. The van der Waals surface area contributed by atoms with Crippen molar-refractivity contribution >= 4 is 11.6 Å². The van der Waals surface area contributed by atoms with Gasteiger partial charge in [-0.15, -0.1) is 0 Å². The lowest BCUT2D eigenvalue weighted by Crippen LogP contribution is -1.96. The van der Waals surface area contributed by atoms with E-state index in [4.69, 9.17) is 21.4 Å². The molecule has 0 aliphatic heterocycles. The second kappa shape index (κ2) is 5.85. The maximum Gasteiger partial charge on any atom is 0.142 e. The van der Waals surface area contributed by atoms with Gasteiger partial charge < -0.3 is 9.84 Å². The highest BCUT2D eigenvalue weighted by Crippen LogP contribution is 2.21. The zero-order valence-corrected chi connectivity index (χ0v) is 10.3. The van der Waals surface area contributed by atoms with Gasteiger partial charge >= 0.3 is 0 Å². The fourth-order valence-corrected chi connectivity index (χ4v) is 1.64. The predicted molar refractivity (Wildman–Crippen MR) is 68.1 cm³/mol. The molecule has 2 rings (SSSR count). The van der Waals surface area contributed by atoms with Crippen molar-refractivity contribution in [3.05, 3.63) is 64.4 Å². The summed E-state index contributed by atoms with van der Waals surface area (Å²) in [5, 5.41) is 8.96. The van der Waals surface area contributed by atoms with E-state index in [9.17, 15) is 4.39 Å². The molecule has 2 aromatic rings. The van der Waals surface area contributed by atoms with Crippen molar-refractivity contribution in [3.63, 3.8) is 0 Å². The topological polar surface area (TPSA) is 29.5 Å². The van der Waals surface area contributed by atoms with Gasteiger partial charge in [-0.1, -0.05) is 35.9 Å². The molecule has 0 atom stereocenters. The highest BCUT2D eigenvalue weighted by atomic mass is 35.5. The van der Waals surface area contributed by atoms with Crippen molar-refractivity contribution in [2.75, 3.05) is 0 Å². The number of benzene rings is 2. The van der Waals surface area contributed by atoms with Crippen LogP contribution in [0, 0.1) is 5.82 Å². The van der Waals surface area contributed by atoms with Gasteiger partial charge in [-0.3, -0.25) is 0 Å². The Morgan fingerprint density at radius 2 is 1.72 bits per heavy atom. The molecule has 0 saturated carbocycles. The molecule has 94 valence electrons. The standard InChI is InChI=1S/C14H12ClFO2/c15-13-7-12(5-6-14(13)16)18-9-11-3-1-10(8-17)2-4-11/h1-7,17H,8-9H2. The molecule has 0 fully saturated rings. The van der Waals surface area contributed by atoms with E-state index in [2.05, 4.69) is 0 Å². The van der Waals surface area contributed by atoms with Gasteiger partial charge in [0.2, 0.25) is 0 Å². The van der Waals surface area contributed by atoms with E-state index in [1.165, 1.54) is 18.2 Å². The number of hydrogen-bond donors (Lipinski definition) is 1. The van der Waals surface area contributed by atoms with Crippen molar-refractivity contribution < 1.29 is 14.2 Å². The molecule has 0 unspecified atom stereocenters. The minimum Gasteiger partial charge on any atom is -0.489 e. The Labute approximate surface area is 110 Å². The zero-order valence-electron chi connectivity index (χ0n) is 9.57. The number of ether oxygens (including phenoxy) is 1. The van der Waals surface area contributed by atoms with Gasteiger partial charge in [0.15, 0.2) is 0 Å². The SMILES string of the molecule is OCc1ccc(COc2ccc(F)c(Cl)c2)cc1. The van der Waals surface area contributed by atoms with E-state index >= 15 is 0 Å². The maximum absolute atomic E-state index is 12.9. The lowest BCUT2D eigenvalue weighted by molar-refractivity contribution is 0.281. The molecule has 0 amide bonds. The van der Waals surface area contributed by atoms with Gasteiger partial charge in [0.1, 0.15) is 18.2 Å². The minimum absolute atomic E-state index is 0.0225.